The molecule has 1 heterocycles. The van der Waals surface area contributed by atoms with E-state index in [-0.39, 0.29) is 11.9 Å². The minimum atomic E-state index is -0.223. The molecule has 150 valence electrons. The Labute approximate surface area is 171 Å². The molecule has 7 heteroatoms. The van der Waals surface area contributed by atoms with Crippen LogP contribution in [0, 0.1) is 0 Å². The van der Waals surface area contributed by atoms with E-state index < -0.39 is 0 Å². The highest BCUT2D eigenvalue weighted by molar-refractivity contribution is 6.32. The molecule has 0 radical (unpaired) electrons. The molecule has 6 nitrogen and oxygen atoms in total. The third kappa shape index (κ3) is 4.69. The van der Waals surface area contributed by atoms with Gasteiger partial charge in [0.25, 0.3) is 0 Å². The number of methoxy groups -OCH3 is 2. The molecule has 0 aliphatic carbocycles. The van der Waals surface area contributed by atoms with Crippen LogP contribution in [-0.4, -0.2) is 57.2 Å². The zero-order chi connectivity index (χ0) is 20.1. The quantitative estimate of drug-likeness (QED) is 0.799. The van der Waals surface area contributed by atoms with Crippen molar-refractivity contribution in [1.29, 1.82) is 0 Å². The van der Waals surface area contributed by atoms with Crippen LogP contribution in [0.25, 0.3) is 0 Å². The minimum Gasteiger partial charge on any atom is -0.497 e. The van der Waals surface area contributed by atoms with Gasteiger partial charge in [-0.2, -0.15) is 0 Å². The van der Waals surface area contributed by atoms with Gasteiger partial charge in [-0.1, -0.05) is 11.6 Å². The molecule has 0 spiro atoms. The summed E-state index contributed by atoms with van der Waals surface area (Å²) in [5.74, 6) is 1.40. The van der Waals surface area contributed by atoms with Gasteiger partial charge in [0.05, 0.1) is 25.3 Å². The highest BCUT2D eigenvalue weighted by Crippen LogP contribution is 2.27. The molecule has 1 aliphatic heterocycles. The van der Waals surface area contributed by atoms with Crippen molar-refractivity contribution in [3.8, 4) is 11.5 Å². The lowest BCUT2D eigenvalue weighted by molar-refractivity contribution is -0.120. The summed E-state index contributed by atoms with van der Waals surface area (Å²) < 4.78 is 10.4. The molecule has 0 aromatic heterocycles. The average molecular weight is 404 g/mol. The Morgan fingerprint density at radius 2 is 1.71 bits per heavy atom. The van der Waals surface area contributed by atoms with Crippen molar-refractivity contribution in [3.05, 3.63) is 47.5 Å². The second kappa shape index (κ2) is 9.17. The van der Waals surface area contributed by atoms with Gasteiger partial charge in [0.2, 0.25) is 5.91 Å². The lowest BCUT2D eigenvalue weighted by atomic mass is 10.2. The lowest BCUT2D eigenvalue weighted by Gasteiger charge is -2.38. The van der Waals surface area contributed by atoms with Crippen molar-refractivity contribution in [2.45, 2.75) is 13.0 Å². The first-order valence-electron chi connectivity index (χ1n) is 9.29. The number of rotatable bonds is 6. The number of ether oxygens (including phenoxy) is 2. The van der Waals surface area contributed by atoms with Crippen LogP contribution in [0.15, 0.2) is 42.5 Å². The van der Waals surface area contributed by atoms with Crippen LogP contribution >= 0.6 is 11.6 Å². The van der Waals surface area contributed by atoms with Gasteiger partial charge in [-0.05, 0) is 49.4 Å². The van der Waals surface area contributed by atoms with Gasteiger partial charge in [-0.3, -0.25) is 9.69 Å². The van der Waals surface area contributed by atoms with Crippen LogP contribution in [0.3, 0.4) is 0 Å². The summed E-state index contributed by atoms with van der Waals surface area (Å²) in [4.78, 5) is 17.2. The Hall–Kier alpha value is -2.44. The van der Waals surface area contributed by atoms with Gasteiger partial charge in [-0.25, -0.2) is 0 Å². The van der Waals surface area contributed by atoms with Gasteiger partial charge in [0, 0.05) is 37.6 Å². The molecule has 1 N–H and O–H groups in total. The number of carbonyl (C=O) groups is 1. The number of halogens is 1. The molecule has 3 rings (SSSR count). The molecule has 1 fully saturated rings. The molecule has 1 atom stereocenters. The van der Waals surface area contributed by atoms with Gasteiger partial charge in [0.1, 0.15) is 11.5 Å². The fraction of sp³-hybridized carbons (Fsp3) is 0.381. The zero-order valence-electron chi connectivity index (χ0n) is 16.4. The Morgan fingerprint density at radius 3 is 2.29 bits per heavy atom. The number of benzene rings is 2. The molecule has 0 saturated carbocycles. The summed E-state index contributed by atoms with van der Waals surface area (Å²) in [5, 5.41) is 3.41. The monoisotopic (exact) mass is 403 g/mol. The topological polar surface area (TPSA) is 54.0 Å². The molecule has 2 aromatic rings. The molecule has 0 unspecified atom stereocenters. The van der Waals surface area contributed by atoms with E-state index in [0.29, 0.717) is 16.5 Å². The molecule has 1 aliphatic rings. The summed E-state index contributed by atoms with van der Waals surface area (Å²) in [6.45, 7) is 5.33. The first kappa shape index (κ1) is 20.3. The van der Waals surface area contributed by atoms with E-state index in [0.717, 1.165) is 31.9 Å². The highest BCUT2D eigenvalue weighted by Gasteiger charge is 2.26. The second-order valence-corrected chi connectivity index (χ2v) is 7.14. The number of nitrogens with zero attached hydrogens (tertiary/aromatic N) is 2. The maximum Gasteiger partial charge on any atom is 0.241 e. The summed E-state index contributed by atoms with van der Waals surface area (Å²) in [7, 11) is 3.23. The van der Waals surface area contributed by atoms with Crippen LogP contribution < -0.4 is 19.7 Å². The predicted octanol–water partition coefficient (Wildman–Crippen LogP) is 3.51. The predicted molar refractivity (Wildman–Crippen MR) is 113 cm³/mol. The largest absolute Gasteiger partial charge is 0.497 e. The molecule has 1 amide bonds. The van der Waals surface area contributed by atoms with Crippen LogP contribution in [0.1, 0.15) is 6.92 Å². The molecular formula is C21H26ClN3O3. The Bertz CT molecular complexity index is 805. The maximum absolute atomic E-state index is 12.6. The summed E-state index contributed by atoms with van der Waals surface area (Å²) >= 11 is 6.13. The highest BCUT2D eigenvalue weighted by atomic mass is 35.5. The number of carbonyl (C=O) groups excluding carboxylic acids is 1. The van der Waals surface area contributed by atoms with Gasteiger partial charge in [0.15, 0.2) is 0 Å². The van der Waals surface area contributed by atoms with Gasteiger partial charge in [-0.15, -0.1) is 0 Å². The first-order valence-corrected chi connectivity index (χ1v) is 9.67. The van der Waals surface area contributed by atoms with E-state index in [2.05, 4.69) is 27.2 Å². The number of nitrogens with one attached hydrogen (secondary N) is 1. The van der Waals surface area contributed by atoms with Crippen molar-refractivity contribution >= 4 is 28.9 Å². The third-order valence-corrected chi connectivity index (χ3v) is 5.39. The smallest absolute Gasteiger partial charge is 0.241 e. The number of hydrogen-bond acceptors (Lipinski definition) is 5. The van der Waals surface area contributed by atoms with Crippen molar-refractivity contribution in [2.75, 3.05) is 50.6 Å². The lowest BCUT2D eigenvalue weighted by Crippen LogP contribution is -2.52. The molecule has 0 bridgehead atoms. The second-order valence-electron chi connectivity index (χ2n) is 6.74. The fourth-order valence-electron chi connectivity index (χ4n) is 3.32. The third-order valence-electron chi connectivity index (χ3n) is 5.10. The summed E-state index contributed by atoms with van der Waals surface area (Å²) in [5.41, 5.74) is 1.84. The van der Waals surface area contributed by atoms with Crippen LogP contribution in [0.5, 0.6) is 11.5 Å². The Morgan fingerprint density at radius 1 is 1.04 bits per heavy atom. The standard InChI is InChI=1S/C21H26ClN3O3/c1-15(21(26)23-16-4-9-20(28-3)19(22)14-16)24-10-12-25(13-11-24)17-5-7-18(27-2)8-6-17/h4-9,14-15H,10-13H2,1-3H3,(H,23,26)/t15-/m1/s1. The van der Waals surface area contributed by atoms with Crippen molar-refractivity contribution in [1.82, 2.24) is 4.90 Å². The van der Waals surface area contributed by atoms with E-state index in [1.165, 1.54) is 5.69 Å². The molecule has 28 heavy (non-hydrogen) atoms. The van der Waals surface area contributed by atoms with Gasteiger partial charge >= 0.3 is 0 Å². The first-order chi connectivity index (χ1) is 13.5. The summed E-state index contributed by atoms with van der Waals surface area (Å²) in [6.07, 6.45) is 0. The molecular weight excluding hydrogens is 378 g/mol. The number of piperazine rings is 1. The van der Waals surface area contributed by atoms with E-state index >= 15 is 0 Å². The normalized spacial score (nSPS) is 15.8. The SMILES string of the molecule is COc1ccc(N2CCN([C@H](C)C(=O)Nc3ccc(OC)c(Cl)c3)CC2)cc1. The summed E-state index contributed by atoms with van der Waals surface area (Å²) in [6, 6.07) is 13.1. The maximum atomic E-state index is 12.6. The zero-order valence-corrected chi connectivity index (χ0v) is 17.2. The number of hydrogen-bond donors (Lipinski definition) is 1. The van der Waals surface area contributed by atoms with Crippen molar-refractivity contribution in [2.24, 2.45) is 0 Å². The van der Waals surface area contributed by atoms with E-state index in [1.54, 1.807) is 32.4 Å². The average Bonchev–Trinajstić information content (AvgIpc) is 2.73. The minimum absolute atomic E-state index is 0.0425. The van der Waals surface area contributed by atoms with Gasteiger partial charge < -0.3 is 19.7 Å². The van der Waals surface area contributed by atoms with E-state index in [4.69, 9.17) is 21.1 Å². The fourth-order valence-corrected chi connectivity index (χ4v) is 3.57. The van der Waals surface area contributed by atoms with Crippen molar-refractivity contribution < 1.29 is 14.3 Å². The molecule has 2 aromatic carbocycles. The van der Waals surface area contributed by atoms with E-state index in [9.17, 15) is 4.79 Å². The number of anilines is 2. The van der Waals surface area contributed by atoms with Crippen LogP contribution in [0.2, 0.25) is 5.02 Å². The van der Waals surface area contributed by atoms with Crippen molar-refractivity contribution in [3.63, 3.8) is 0 Å². The Kier molecular flexibility index (Phi) is 6.65. The Balaban J connectivity index is 1.54. The number of amides is 1. The van der Waals surface area contributed by atoms with Crippen LogP contribution in [-0.2, 0) is 4.79 Å². The molecule has 1 saturated heterocycles. The van der Waals surface area contributed by atoms with Crippen LogP contribution in [0.4, 0.5) is 11.4 Å². The van der Waals surface area contributed by atoms with E-state index in [1.807, 2.05) is 19.1 Å².